The summed E-state index contributed by atoms with van der Waals surface area (Å²) in [6.07, 6.45) is -0.668. The molecule has 0 aromatic heterocycles. The Morgan fingerprint density at radius 3 is 2.34 bits per heavy atom. The Hall–Kier alpha value is -2.60. The van der Waals surface area contributed by atoms with E-state index in [0.29, 0.717) is 5.69 Å². The van der Waals surface area contributed by atoms with Crippen molar-refractivity contribution in [3.63, 3.8) is 0 Å². The molecule has 7 nitrogen and oxygen atoms in total. The van der Waals surface area contributed by atoms with E-state index >= 15 is 0 Å². The molecule has 0 N–H and O–H groups in total. The van der Waals surface area contributed by atoms with Crippen molar-refractivity contribution < 1.29 is 18.0 Å². The van der Waals surface area contributed by atoms with Gasteiger partial charge in [0, 0.05) is 13.5 Å². The van der Waals surface area contributed by atoms with Crippen LogP contribution in [-0.4, -0.2) is 53.5 Å². The third-order valence-electron chi connectivity index (χ3n) is 8.06. The molecule has 5 aliphatic rings. The average Bonchev–Trinajstić information content (AvgIpc) is 3.28. The van der Waals surface area contributed by atoms with Gasteiger partial charge in [0.25, 0.3) is 21.8 Å². The van der Waals surface area contributed by atoms with Crippen LogP contribution in [0.3, 0.4) is 0 Å². The smallest absolute Gasteiger partial charge is 0.266 e. The second-order valence-electron chi connectivity index (χ2n) is 10.0. The zero-order valence-electron chi connectivity index (χ0n) is 20.5. The minimum atomic E-state index is -4.11. The summed E-state index contributed by atoms with van der Waals surface area (Å²) in [6.45, 7) is 2.00. The second-order valence-corrected chi connectivity index (χ2v) is 16.2. The molecule has 0 radical (unpaired) electrons. The number of aryl methyl sites for hydroxylation is 1. The molecule has 4 saturated heterocycles. The number of rotatable bonds is 3. The van der Waals surface area contributed by atoms with Crippen molar-refractivity contribution in [1.29, 1.82) is 0 Å². The fraction of sp³-hybridized carbons (Fsp3) is 0.259. The van der Waals surface area contributed by atoms with E-state index in [1.165, 1.54) is 40.6 Å². The first kappa shape index (κ1) is 24.4. The van der Waals surface area contributed by atoms with Gasteiger partial charge >= 0.3 is 0 Å². The minimum Gasteiger partial charge on any atom is -0.322 e. The van der Waals surface area contributed by atoms with Gasteiger partial charge in [-0.3, -0.25) is 14.5 Å². The molecule has 8 rings (SSSR count). The van der Waals surface area contributed by atoms with E-state index in [-0.39, 0.29) is 23.1 Å². The van der Waals surface area contributed by atoms with E-state index in [1.807, 2.05) is 55.5 Å². The van der Waals surface area contributed by atoms with Crippen molar-refractivity contribution in [2.24, 2.45) is 0 Å². The number of amides is 2. The first-order valence-corrected chi connectivity index (χ1v) is 17.1. The van der Waals surface area contributed by atoms with Gasteiger partial charge in [-0.15, -0.1) is 0 Å². The van der Waals surface area contributed by atoms with Gasteiger partial charge in [-0.25, -0.2) is 12.7 Å². The highest BCUT2D eigenvalue weighted by molar-refractivity contribution is 9.10. The van der Waals surface area contributed by atoms with Crippen LogP contribution in [0.25, 0.3) is 0 Å². The molecule has 194 valence electrons. The van der Waals surface area contributed by atoms with Crippen molar-refractivity contribution in [2.45, 2.75) is 40.1 Å². The van der Waals surface area contributed by atoms with E-state index in [2.05, 4.69) is 0 Å². The van der Waals surface area contributed by atoms with Crippen LogP contribution in [-0.2, 0) is 25.0 Å². The molecule has 11 heteroatoms. The topological polar surface area (TPSA) is 78.0 Å². The minimum absolute atomic E-state index is 0.141. The highest BCUT2D eigenvalue weighted by atomic mass is 33.5. The number of nitrogens with zero attached hydrogens (tertiary/aromatic N) is 3. The van der Waals surface area contributed by atoms with Gasteiger partial charge in [0.1, 0.15) is 6.17 Å². The van der Waals surface area contributed by atoms with Crippen LogP contribution < -0.4 is 4.31 Å². The molecule has 5 heterocycles. The van der Waals surface area contributed by atoms with Gasteiger partial charge in [0.15, 0.2) is 10.2 Å². The first-order valence-electron chi connectivity index (χ1n) is 12.1. The van der Waals surface area contributed by atoms with Crippen molar-refractivity contribution >= 4 is 58.9 Å². The third-order valence-corrected chi connectivity index (χ3v) is 14.6. The molecule has 0 aliphatic carbocycles. The van der Waals surface area contributed by atoms with Crippen LogP contribution in [0, 0.1) is 6.92 Å². The number of hydrogen-bond donors (Lipinski definition) is 0. The van der Waals surface area contributed by atoms with Gasteiger partial charge in [0.05, 0.1) is 16.0 Å². The largest absolute Gasteiger partial charge is 0.322 e. The monoisotopic (exact) mass is 581 g/mol. The van der Waals surface area contributed by atoms with Gasteiger partial charge in [-0.1, -0.05) is 66.2 Å². The lowest BCUT2D eigenvalue weighted by atomic mass is 9.72. The van der Waals surface area contributed by atoms with Crippen molar-refractivity contribution in [1.82, 2.24) is 9.80 Å². The number of hydrogen-bond acceptors (Lipinski definition) is 7. The molecule has 1 spiro atoms. The average molecular weight is 582 g/mol. The Bertz CT molecular complexity index is 1600. The van der Waals surface area contributed by atoms with Crippen LogP contribution in [0.15, 0.2) is 83.8 Å². The van der Waals surface area contributed by atoms with Gasteiger partial charge in [0.2, 0.25) is 0 Å². The lowest BCUT2D eigenvalue weighted by molar-refractivity contribution is -0.157. The van der Waals surface area contributed by atoms with Crippen LogP contribution >= 0.6 is 31.4 Å². The quantitative estimate of drug-likeness (QED) is 0.419. The number of carbonyl (C=O) groups is 2. The molecule has 38 heavy (non-hydrogen) atoms. The number of piperazine rings is 1. The van der Waals surface area contributed by atoms with Gasteiger partial charge in [-0.05, 0) is 67.7 Å². The maximum atomic E-state index is 14.5. The molecule has 0 saturated carbocycles. The summed E-state index contributed by atoms with van der Waals surface area (Å²) in [5, 5.41) is -0.727. The van der Waals surface area contributed by atoms with E-state index in [9.17, 15) is 18.0 Å². The number of anilines is 1. The number of para-hydroxylation sites is 1. The zero-order chi connectivity index (χ0) is 26.4. The Labute approximate surface area is 232 Å². The molecule has 3 aromatic rings. The summed E-state index contributed by atoms with van der Waals surface area (Å²) in [7, 11) is 1.71. The maximum Gasteiger partial charge on any atom is 0.266 e. The standard InChI is InChI=1S/C27H23N3O4S4/c1-17-12-14-18(15-13-17)26-16-27-25(32)28(2)23(35-37-36-27)22(31)29(27)24(26)30(21-11-7-6-10-20(21)26)38(33,34)19-8-4-3-5-9-19/h3-15,23-24H,16H2,1-2H3/t23-,24-,26-,27-/m0/s1. The molecular formula is C27H23N3O4S4. The summed E-state index contributed by atoms with van der Waals surface area (Å²) < 4.78 is 30.3. The third kappa shape index (κ3) is 2.93. The summed E-state index contributed by atoms with van der Waals surface area (Å²) in [5.41, 5.74) is 2.36. The molecule has 0 unspecified atom stereocenters. The highest BCUT2D eigenvalue weighted by Gasteiger charge is 2.76. The fourth-order valence-electron chi connectivity index (χ4n) is 6.38. The predicted octanol–water partition coefficient (Wildman–Crippen LogP) is 4.59. The molecule has 2 amide bonds. The lowest BCUT2D eigenvalue weighted by Gasteiger charge is -2.46. The fourth-order valence-corrected chi connectivity index (χ4v) is 13.5. The predicted molar refractivity (Wildman–Crippen MR) is 152 cm³/mol. The van der Waals surface area contributed by atoms with E-state index in [4.69, 9.17) is 0 Å². The molecular weight excluding hydrogens is 559 g/mol. The van der Waals surface area contributed by atoms with Crippen LogP contribution in [0.5, 0.6) is 0 Å². The molecule has 5 aliphatic heterocycles. The summed E-state index contributed by atoms with van der Waals surface area (Å²) in [6, 6.07) is 23.8. The Morgan fingerprint density at radius 2 is 1.61 bits per heavy atom. The highest BCUT2D eigenvalue weighted by Crippen LogP contribution is 2.69. The Balaban J connectivity index is 1.57. The van der Waals surface area contributed by atoms with Gasteiger partial charge in [-0.2, -0.15) is 0 Å². The van der Waals surface area contributed by atoms with Crippen molar-refractivity contribution in [2.75, 3.05) is 11.4 Å². The number of sulfonamides is 1. The first-order chi connectivity index (χ1) is 18.2. The van der Waals surface area contributed by atoms with Crippen molar-refractivity contribution in [3.8, 4) is 0 Å². The molecule has 2 bridgehead atoms. The second kappa shape index (κ2) is 8.20. The van der Waals surface area contributed by atoms with Gasteiger partial charge < -0.3 is 4.90 Å². The number of benzene rings is 3. The SMILES string of the molecule is Cc1ccc([C@]23C[C@@]45SSS[C@@H](C(=O)N4[C@H]2N(S(=O)(=O)c2ccccc2)c2ccccc23)N(C)C5=O)cc1. The summed E-state index contributed by atoms with van der Waals surface area (Å²) >= 11 is 0. The lowest BCUT2D eigenvalue weighted by Crippen LogP contribution is -2.68. The van der Waals surface area contributed by atoms with E-state index in [0.717, 1.165) is 16.7 Å². The van der Waals surface area contributed by atoms with Crippen LogP contribution in [0.1, 0.15) is 23.1 Å². The Morgan fingerprint density at radius 1 is 0.921 bits per heavy atom. The normalized spacial score (nSPS) is 29.8. The number of likely N-dealkylation sites (N-methyl/N-ethyl adjacent to an activating group) is 1. The van der Waals surface area contributed by atoms with E-state index < -0.39 is 31.8 Å². The zero-order valence-corrected chi connectivity index (χ0v) is 23.7. The number of carbonyl (C=O) groups excluding carboxylic acids is 2. The molecule has 3 aromatic carbocycles. The summed E-state index contributed by atoms with van der Waals surface area (Å²) in [4.78, 5) is 30.3. The van der Waals surface area contributed by atoms with Crippen LogP contribution in [0.2, 0.25) is 0 Å². The van der Waals surface area contributed by atoms with Crippen LogP contribution in [0.4, 0.5) is 5.69 Å². The molecule has 4 fully saturated rings. The van der Waals surface area contributed by atoms with E-state index in [1.54, 1.807) is 42.3 Å². The van der Waals surface area contributed by atoms with Crippen molar-refractivity contribution in [3.05, 3.63) is 95.6 Å². The number of fused-ring (bicyclic) bond motifs is 6. The molecule has 4 atom stereocenters. The maximum absolute atomic E-state index is 14.5. The Kier molecular flexibility index (Phi) is 5.28. The summed E-state index contributed by atoms with van der Waals surface area (Å²) in [5.74, 6) is -0.408.